The number of halogens is 2. The summed E-state index contributed by atoms with van der Waals surface area (Å²) in [6, 6.07) is 36.2. The molecule has 0 aliphatic carbocycles. The molecule has 6 nitrogen and oxygen atoms in total. The Labute approximate surface area is 282 Å². The SMILES string of the molecule is Clc1ccc(C(c2ccc(Cl)cc2)N2CCN(Cc3nc(NC4CCN(Cc5ccccc5)CC4)c4ccccc4n3)CC2)cc1. The Hall–Kier alpha value is -3.52. The molecule has 5 aromatic rings. The number of hydrogen-bond donors (Lipinski definition) is 1. The summed E-state index contributed by atoms with van der Waals surface area (Å²) in [7, 11) is 0. The van der Waals surface area contributed by atoms with Crippen molar-refractivity contribution in [1.82, 2.24) is 24.7 Å². The Morgan fingerprint density at radius 2 is 1.22 bits per heavy atom. The fourth-order valence-electron chi connectivity index (χ4n) is 6.86. The standard InChI is InChI=1S/C38H40Cl2N6/c39-31-14-10-29(11-15-31)37(30-12-16-32(40)17-13-30)46-24-22-45(23-25-46)27-36-42-35-9-5-4-8-34(35)38(43-36)41-33-18-20-44(21-19-33)26-28-6-2-1-3-7-28/h1-17,33,37H,18-27H2,(H,41,42,43). The maximum absolute atomic E-state index is 6.24. The lowest BCUT2D eigenvalue weighted by Gasteiger charge is -2.39. The highest BCUT2D eigenvalue weighted by molar-refractivity contribution is 6.30. The lowest BCUT2D eigenvalue weighted by molar-refractivity contribution is 0.103. The van der Waals surface area contributed by atoms with E-state index in [2.05, 4.69) is 98.9 Å². The van der Waals surface area contributed by atoms with Gasteiger partial charge >= 0.3 is 0 Å². The first-order chi connectivity index (χ1) is 22.6. The molecule has 2 fully saturated rings. The van der Waals surface area contributed by atoms with Crippen LogP contribution in [0.25, 0.3) is 10.9 Å². The first-order valence-electron chi connectivity index (χ1n) is 16.3. The smallest absolute Gasteiger partial charge is 0.145 e. The number of nitrogens with one attached hydrogen (secondary N) is 1. The Kier molecular flexibility index (Phi) is 9.80. The van der Waals surface area contributed by atoms with E-state index in [4.69, 9.17) is 33.2 Å². The molecule has 4 aromatic carbocycles. The van der Waals surface area contributed by atoms with Crippen molar-refractivity contribution in [3.8, 4) is 0 Å². The molecule has 0 atom stereocenters. The van der Waals surface area contributed by atoms with E-state index < -0.39 is 0 Å². The summed E-state index contributed by atoms with van der Waals surface area (Å²) in [5.74, 6) is 1.84. The molecular weight excluding hydrogens is 611 g/mol. The Morgan fingerprint density at radius 3 is 1.87 bits per heavy atom. The lowest BCUT2D eigenvalue weighted by atomic mass is 9.96. The number of anilines is 1. The van der Waals surface area contributed by atoms with Gasteiger partial charge in [0.25, 0.3) is 0 Å². The van der Waals surface area contributed by atoms with E-state index in [-0.39, 0.29) is 6.04 Å². The summed E-state index contributed by atoms with van der Waals surface area (Å²) in [6.07, 6.45) is 2.20. The van der Waals surface area contributed by atoms with Crippen molar-refractivity contribution in [2.75, 3.05) is 44.6 Å². The first-order valence-corrected chi connectivity index (χ1v) is 17.1. The molecule has 3 heterocycles. The monoisotopic (exact) mass is 650 g/mol. The van der Waals surface area contributed by atoms with Gasteiger partial charge in [0.05, 0.1) is 18.1 Å². The maximum atomic E-state index is 6.24. The highest BCUT2D eigenvalue weighted by Crippen LogP contribution is 2.32. The summed E-state index contributed by atoms with van der Waals surface area (Å²) >= 11 is 12.5. The fraction of sp³-hybridized carbons (Fsp3) is 0.316. The van der Waals surface area contributed by atoms with Gasteiger partial charge in [0.15, 0.2) is 0 Å². The number of para-hydroxylation sites is 1. The first kappa shape index (κ1) is 31.1. The molecule has 8 heteroatoms. The van der Waals surface area contributed by atoms with Crippen LogP contribution in [0.4, 0.5) is 5.82 Å². The number of rotatable bonds is 9. The van der Waals surface area contributed by atoms with Crippen LogP contribution < -0.4 is 5.32 Å². The Morgan fingerprint density at radius 1 is 0.630 bits per heavy atom. The average molecular weight is 652 g/mol. The van der Waals surface area contributed by atoms with Gasteiger partial charge in [0.2, 0.25) is 0 Å². The zero-order valence-electron chi connectivity index (χ0n) is 26.0. The van der Waals surface area contributed by atoms with E-state index in [0.29, 0.717) is 6.04 Å². The van der Waals surface area contributed by atoms with E-state index in [9.17, 15) is 0 Å². The van der Waals surface area contributed by atoms with Crippen molar-refractivity contribution in [3.63, 3.8) is 0 Å². The van der Waals surface area contributed by atoms with Crippen LogP contribution in [0.1, 0.15) is 41.4 Å². The molecule has 236 valence electrons. The second-order valence-electron chi connectivity index (χ2n) is 12.5. The summed E-state index contributed by atoms with van der Waals surface area (Å²) in [5, 5.41) is 6.43. The maximum Gasteiger partial charge on any atom is 0.145 e. The predicted octanol–water partition coefficient (Wildman–Crippen LogP) is 7.92. The molecule has 2 aliphatic heterocycles. The third-order valence-electron chi connectivity index (χ3n) is 9.34. The van der Waals surface area contributed by atoms with Gasteiger partial charge in [-0.1, -0.05) is 89.9 Å². The van der Waals surface area contributed by atoms with E-state index in [1.165, 1.54) is 16.7 Å². The van der Waals surface area contributed by atoms with E-state index in [0.717, 1.165) is 97.8 Å². The molecule has 46 heavy (non-hydrogen) atoms. The lowest BCUT2D eigenvalue weighted by Crippen LogP contribution is -2.47. The van der Waals surface area contributed by atoms with Crippen LogP contribution in [0, 0.1) is 0 Å². The predicted molar refractivity (Wildman–Crippen MR) is 189 cm³/mol. The van der Waals surface area contributed by atoms with Gasteiger partial charge in [-0.15, -0.1) is 0 Å². The van der Waals surface area contributed by atoms with Gasteiger partial charge < -0.3 is 5.32 Å². The van der Waals surface area contributed by atoms with Gasteiger partial charge in [-0.3, -0.25) is 14.7 Å². The highest BCUT2D eigenvalue weighted by atomic mass is 35.5. The van der Waals surface area contributed by atoms with E-state index >= 15 is 0 Å². The molecule has 0 saturated carbocycles. The van der Waals surface area contributed by atoms with Crippen LogP contribution in [-0.2, 0) is 13.1 Å². The minimum atomic E-state index is 0.142. The number of nitrogens with zero attached hydrogens (tertiary/aromatic N) is 5. The van der Waals surface area contributed by atoms with E-state index in [1.54, 1.807) is 0 Å². The number of benzene rings is 4. The molecule has 0 amide bonds. The minimum absolute atomic E-state index is 0.142. The number of piperidine rings is 1. The average Bonchev–Trinajstić information content (AvgIpc) is 3.09. The van der Waals surface area contributed by atoms with Gasteiger partial charge in [0.1, 0.15) is 11.6 Å². The van der Waals surface area contributed by atoms with Gasteiger partial charge in [-0.2, -0.15) is 0 Å². The quantitative estimate of drug-likeness (QED) is 0.175. The number of piperazine rings is 1. The van der Waals surface area contributed by atoms with Crippen LogP contribution in [0.3, 0.4) is 0 Å². The van der Waals surface area contributed by atoms with E-state index in [1.807, 2.05) is 24.3 Å². The molecular formula is C38H40Cl2N6. The Bertz CT molecular complexity index is 1670. The van der Waals surface area contributed by atoms with Crippen molar-refractivity contribution in [1.29, 1.82) is 0 Å². The number of fused-ring (bicyclic) bond motifs is 1. The second-order valence-corrected chi connectivity index (χ2v) is 13.4. The zero-order chi connectivity index (χ0) is 31.3. The summed E-state index contributed by atoms with van der Waals surface area (Å²) in [5.41, 5.74) is 4.85. The van der Waals surface area contributed by atoms with Crippen molar-refractivity contribution >= 4 is 39.9 Å². The topological polar surface area (TPSA) is 47.5 Å². The van der Waals surface area contributed by atoms with Crippen LogP contribution in [0.5, 0.6) is 0 Å². The van der Waals surface area contributed by atoms with Crippen LogP contribution in [-0.4, -0.2) is 70.0 Å². The molecule has 0 spiro atoms. The van der Waals surface area contributed by atoms with Crippen LogP contribution in [0.2, 0.25) is 10.0 Å². The fourth-order valence-corrected chi connectivity index (χ4v) is 7.11. The summed E-state index contributed by atoms with van der Waals surface area (Å²) in [6.45, 7) is 7.68. The zero-order valence-corrected chi connectivity index (χ0v) is 27.5. The largest absolute Gasteiger partial charge is 0.367 e. The molecule has 7 rings (SSSR count). The highest BCUT2D eigenvalue weighted by Gasteiger charge is 2.27. The van der Waals surface area contributed by atoms with Crippen molar-refractivity contribution < 1.29 is 0 Å². The molecule has 1 N–H and O–H groups in total. The molecule has 2 aliphatic rings. The summed E-state index contributed by atoms with van der Waals surface area (Å²) < 4.78 is 0. The molecule has 0 bridgehead atoms. The van der Waals surface area contributed by atoms with Crippen LogP contribution >= 0.6 is 23.2 Å². The summed E-state index contributed by atoms with van der Waals surface area (Å²) in [4.78, 5) is 17.7. The van der Waals surface area contributed by atoms with Crippen molar-refractivity contribution in [2.24, 2.45) is 0 Å². The van der Waals surface area contributed by atoms with Gasteiger partial charge in [-0.05, 0) is 65.9 Å². The molecule has 0 radical (unpaired) electrons. The minimum Gasteiger partial charge on any atom is -0.367 e. The Balaban J connectivity index is 1.01. The molecule has 0 unspecified atom stereocenters. The number of likely N-dealkylation sites (tertiary alicyclic amines) is 1. The number of aromatic nitrogens is 2. The van der Waals surface area contributed by atoms with Crippen molar-refractivity contribution in [2.45, 2.75) is 38.0 Å². The van der Waals surface area contributed by atoms with Gasteiger partial charge in [0, 0.05) is 67.3 Å². The van der Waals surface area contributed by atoms with Crippen LogP contribution in [0.15, 0.2) is 103 Å². The van der Waals surface area contributed by atoms with Crippen molar-refractivity contribution in [3.05, 3.63) is 136 Å². The molecule has 1 aromatic heterocycles. The van der Waals surface area contributed by atoms with Gasteiger partial charge in [-0.25, -0.2) is 9.97 Å². The molecule has 2 saturated heterocycles. The third-order valence-corrected chi connectivity index (χ3v) is 9.84. The number of hydrogen-bond acceptors (Lipinski definition) is 6. The second kappa shape index (κ2) is 14.5. The normalized spacial score (nSPS) is 17.1. The third kappa shape index (κ3) is 7.54.